The maximum absolute atomic E-state index is 13.6. The fourth-order valence-electron chi connectivity index (χ4n) is 2.91. The van der Waals surface area contributed by atoms with Gasteiger partial charge in [0.25, 0.3) is 5.91 Å². The van der Waals surface area contributed by atoms with Gasteiger partial charge in [0.2, 0.25) is 0 Å². The molecule has 23 heavy (non-hydrogen) atoms. The normalized spacial score (nSPS) is 15.6. The Labute approximate surface area is 134 Å². The van der Waals surface area contributed by atoms with Crippen molar-refractivity contribution in [3.8, 4) is 0 Å². The van der Waals surface area contributed by atoms with E-state index in [1.165, 1.54) is 12.5 Å². The second-order valence-corrected chi connectivity index (χ2v) is 6.10. The van der Waals surface area contributed by atoms with Crippen LogP contribution in [0.3, 0.4) is 0 Å². The third-order valence-corrected chi connectivity index (χ3v) is 4.31. The standard InChI is InChI=1S/C17H21FN4O/c1-11-7-8-13(10-14(11)18)17(23)19-12(2)16-21-20-15-6-4-3-5-9-22(15)16/h7-8,10,12H,3-6,9H2,1-2H3,(H,19,23). The average Bonchev–Trinajstić information content (AvgIpc) is 2.79. The molecule has 1 aliphatic rings. The van der Waals surface area contributed by atoms with Gasteiger partial charge in [0.15, 0.2) is 5.82 Å². The largest absolute Gasteiger partial charge is 0.342 e. The zero-order chi connectivity index (χ0) is 16.4. The number of hydrogen-bond acceptors (Lipinski definition) is 3. The number of aromatic nitrogens is 3. The third-order valence-electron chi connectivity index (χ3n) is 4.31. The van der Waals surface area contributed by atoms with Crippen LogP contribution in [-0.4, -0.2) is 20.7 Å². The van der Waals surface area contributed by atoms with E-state index in [4.69, 9.17) is 0 Å². The minimum atomic E-state index is -0.373. The van der Waals surface area contributed by atoms with Gasteiger partial charge in [-0.15, -0.1) is 10.2 Å². The molecular formula is C17H21FN4O. The summed E-state index contributed by atoms with van der Waals surface area (Å²) in [7, 11) is 0. The molecule has 1 aromatic heterocycles. The van der Waals surface area contributed by atoms with Crippen molar-refractivity contribution < 1.29 is 9.18 Å². The number of aryl methyl sites for hydroxylation is 2. The quantitative estimate of drug-likeness (QED) is 0.947. The maximum atomic E-state index is 13.6. The van der Waals surface area contributed by atoms with Crippen molar-refractivity contribution in [3.63, 3.8) is 0 Å². The number of fused-ring (bicyclic) bond motifs is 1. The van der Waals surface area contributed by atoms with E-state index in [-0.39, 0.29) is 17.8 Å². The highest BCUT2D eigenvalue weighted by molar-refractivity contribution is 5.94. The molecule has 0 aliphatic carbocycles. The first-order valence-corrected chi connectivity index (χ1v) is 8.05. The van der Waals surface area contributed by atoms with E-state index in [0.29, 0.717) is 11.1 Å². The minimum Gasteiger partial charge on any atom is -0.342 e. The average molecular weight is 316 g/mol. The van der Waals surface area contributed by atoms with Crippen molar-refractivity contribution in [1.29, 1.82) is 0 Å². The zero-order valence-electron chi connectivity index (χ0n) is 13.5. The van der Waals surface area contributed by atoms with Gasteiger partial charge in [0.1, 0.15) is 11.6 Å². The van der Waals surface area contributed by atoms with Gasteiger partial charge in [-0.2, -0.15) is 0 Å². The highest BCUT2D eigenvalue weighted by atomic mass is 19.1. The zero-order valence-corrected chi connectivity index (χ0v) is 13.5. The predicted octanol–water partition coefficient (Wildman–Crippen LogP) is 2.94. The lowest BCUT2D eigenvalue weighted by molar-refractivity contribution is 0.0937. The Hall–Kier alpha value is -2.24. The molecule has 1 aliphatic heterocycles. The Morgan fingerprint density at radius 1 is 1.30 bits per heavy atom. The lowest BCUT2D eigenvalue weighted by Gasteiger charge is -2.15. The van der Waals surface area contributed by atoms with Crippen LogP contribution < -0.4 is 5.32 Å². The van der Waals surface area contributed by atoms with Gasteiger partial charge in [-0.1, -0.05) is 12.5 Å². The number of nitrogens with one attached hydrogen (secondary N) is 1. The molecule has 2 aromatic rings. The molecule has 1 aromatic carbocycles. The SMILES string of the molecule is Cc1ccc(C(=O)NC(C)c2nnc3n2CCCCC3)cc1F. The molecule has 0 fully saturated rings. The molecule has 2 heterocycles. The van der Waals surface area contributed by atoms with Gasteiger partial charge >= 0.3 is 0 Å². The lowest BCUT2D eigenvalue weighted by atomic mass is 10.1. The Kier molecular flexibility index (Phi) is 4.41. The summed E-state index contributed by atoms with van der Waals surface area (Å²) in [5.74, 6) is 1.08. The number of rotatable bonds is 3. The number of carbonyl (C=O) groups excluding carboxylic acids is 1. The molecule has 122 valence electrons. The molecule has 0 radical (unpaired) electrons. The van der Waals surface area contributed by atoms with Crippen LogP contribution in [0, 0.1) is 12.7 Å². The third kappa shape index (κ3) is 3.25. The maximum Gasteiger partial charge on any atom is 0.251 e. The smallest absolute Gasteiger partial charge is 0.251 e. The van der Waals surface area contributed by atoms with Crippen molar-refractivity contribution in [1.82, 2.24) is 20.1 Å². The molecule has 0 spiro atoms. The molecule has 1 amide bonds. The highest BCUT2D eigenvalue weighted by Gasteiger charge is 2.21. The summed E-state index contributed by atoms with van der Waals surface area (Å²) in [5, 5.41) is 11.4. The molecule has 1 unspecified atom stereocenters. The molecule has 0 saturated heterocycles. The van der Waals surface area contributed by atoms with E-state index in [1.807, 2.05) is 6.92 Å². The predicted molar refractivity (Wildman–Crippen MR) is 84.6 cm³/mol. The number of carbonyl (C=O) groups is 1. The molecule has 5 nitrogen and oxygen atoms in total. The van der Waals surface area contributed by atoms with E-state index in [1.54, 1.807) is 19.1 Å². The monoisotopic (exact) mass is 316 g/mol. The lowest BCUT2D eigenvalue weighted by Crippen LogP contribution is -2.29. The molecule has 1 N–H and O–H groups in total. The number of amides is 1. The van der Waals surface area contributed by atoms with Crippen LogP contribution in [0.1, 0.15) is 59.8 Å². The molecule has 1 atom stereocenters. The second-order valence-electron chi connectivity index (χ2n) is 6.10. The number of benzene rings is 1. The first-order chi connectivity index (χ1) is 11.1. The highest BCUT2D eigenvalue weighted by Crippen LogP contribution is 2.19. The van der Waals surface area contributed by atoms with Crippen LogP contribution in [0.4, 0.5) is 4.39 Å². The van der Waals surface area contributed by atoms with Crippen molar-refractivity contribution >= 4 is 5.91 Å². The number of hydrogen-bond donors (Lipinski definition) is 1. The Bertz CT molecular complexity index is 725. The summed E-state index contributed by atoms with van der Waals surface area (Å²) >= 11 is 0. The summed E-state index contributed by atoms with van der Waals surface area (Å²) in [5.41, 5.74) is 0.841. The van der Waals surface area contributed by atoms with E-state index < -0.39 is 0 Å². The van der Waals surface area contributed by atoms with Crippen LogP contribution in [0.5, 0.6) is 0 Å². The second kappa shape index (κ2) is 6.48. The van der Waals surface area contributed by atoms with Gasteiger partial charge < -0.3 is 9.88 Å². The van der Waals surface area contributed by atoms with Gasteiger partial charge in [-0.05, 0) is 44.4 Å². The van der Waals surface area contributed by atoms with Gasteiger partial charge in [0.05, 0.1) is 6.04 Å². The summed E-state index contributed by atoms with van der Waals surface area (Å²) in [6, 6.07) is 4.23. The first kappa shape index (κ1) is 15.6. The van der Waals surface area contributed by atoms with E-state index in [2.05, 4.69) is 20.1 Å². The van der Waals surface area contributed by atoms with E-state index in [0.717, 1.165) is 37.5 Å². The minimum absolute atomic E-state index is 0.272. The summed E-state index contributed by atoms with van der Waals surface area (Å²) in [6.07, 6.45) is 4.34. The van der Waals surface area contributed by atoms with Crippen LogP contribution in [0.15, 0.2) is 18.2 Å². The van der Waals surface area contributed by atoms with Gasteiger partial charge in [0, 0.05) is 18.5 Å². The first-order valence-electron chi connectivity index (χ1n) is 8.05. The molecule has 6 heteroatoms. The van der Waals surface area contributed by atoms with Crippen molar-refractivity contribution in [2.45, 2.75) is 52.1 Å². The van der Waals surface area contributed by atoms with E-state index in [9.17, 15) is 9.18 Å². The van der Waals surface area contributed by atoms with Gasteiger partial charge in [-0.3, -0.25) is 4.79 Å². The fourth-order valence-corrected chi connectivity index (χ4v) is 2.91. The van der Waals surface area contributed by atoms with Crippen LogP contribution in [-0.2, 0) is 13.0 Å². The number of nitrogens with zero attached hydrogens (tertiary/aromatic N) is 3. The summed E-state index contributed by atoms with van der Waals surface area (Å²) < 4.78 is 15.7. The molecule has 0 bridgehead atoms. The van der Waals surface area contributed by atoms with Crippen LogP contribution in [0.2, 0.25) is 0 Å². The molecule has 0 saturated carbocycles. The van der Waals surface area contributed by atoms with Crippen molar-refractivity contribution in [3.05, 3.63) is 46.8 Å². The summed E-state index contributed by atoms with van der Waals surface area (Å²) in [4.78, 5) is 12.3. The van der Waals surface area contributed by atoms with Crippen LogP contribution >= 0.6 is 0 Å². The Morgan fingerprint density at radius 2 is 2.13 bits per heavy atom. The Morgan fingerprint density at radius 3 is 2.91 bits per heavy atom. The van der Waals surface area contributed by atoms with Gasteiger partial charge in [-0.25, -0.2) is 4.39 Å². The summed E-state index contributed by atoms with van der Waals surface area (Å²) in [6.45, 7) is 4.44. The van der Waals surface area contributed by atoms with Crippen molar-refractivity contribution in [2.75, 3.05) is 0 Å². The fraction of sp³-hybridized carbons (Fsp3) is 0.471. The molecule has 3 rings (SSSR count). The topological polar surface area (TPSA) is 59.8 Å². The van der Waals surface area contributed by atoms with E-state index >= 15 is 0 Å². The van der Waals surface area contributed by atoms with Crippen LogP contribution in [0.25, 0.3) is 0 Å². The molecular weight excluding hydrogens is 295 g/mol. The van der Waals surface area contributed by atoms with Crippen molar-refractivity contribution in [2.24, 2.45) is 0 Å². The number of halogens is 1. The Balaban J connectivity index is 1.76.